The zero-order valence-corrected chi connectivity index (χ0v) is 9.12. The van der Waals surface area contributed by atoms with Gasteiger partial charge in [0.2, 0.25) is 0 Å². The number of nitriles is 1. The van der Waals surface area contributed by atoms with Crippen molar-refractivity contribution in [2.75, 3.05) is 30.8 Å². The summed E-state index contributed by atoms with van der Waals surface area (Å²) in [6.07, 6.45) is -2.44. The van der Waals surface area contributed by atoms with Crippen LogP contribution in [0.3, 0.4) is 0 Å². The fourth-order valence-corrected chi connectivity index (χ4v) is 1.21. The average molecular weight is 241 g/mol. The van der Waals surface area contributed by atoms with Gasteiger partial charge in [-0.05, 0) is 18.2 Å². The van der Waals surface area contributed by atoms with Gasteiger partial charge >= 0.3 is 0 Å². The molecule has 0 aromatic heterocycles. The molecule has 92 valence electrons. The number of hydrogen-bond donors (Lipinski definition) is 2. The maximum absolute atomic E-state index is 11.7. The SMILES string of the molecule is N#Cc1ccc(NCCOCC(F)F)cc1N. The fraction of sp³-hybridized carbons (Fsp3) is 0.364. The molecule has 0 atom stereocenters. The summed E-state index contributed by atoms with van der Waals surface area (Å²) in [7, 11) is 0. The van der Waals surface area contributed by atoms with Gasteiger partial charge in [0.15, 0.2) is 0 Å². The Kier molecular flexibility index (Phi) is 5.17. The van der Waals surface area contributed by atoms with Crippen LogP contribution in [-0.4, -0.2) is 26.2 Å². The first kappa shape index (κ1) is 13.2. The molecule has 6 heteroatoms. The normalized spacial score (nSPS) is 10.2. The Labute approximate surface area is 98.0 Å². The lowest BCUT2D eigenvalue weighted by Crippen LogP contribution is -2.13. The Hall–Kier alpha value is -1.87. The van der Waals surface area contributed by atoms with E-state index in [1.165, 1.54) is 0 Å². The minimum atomic E-state index is -2.44. The highest BCUT2D eigenvalue weighted by Crippen LogP contribution is 2.16. The molecule has 0 aliphatic rings. The van der Waals surface area contributed by atoms with Crippen molar-refractivity contribution in [3.8, 4) is 6.07 Å². The van der Waals surface area contributed by atoms with Gasteiger partial charge in [-0.3, -0.25) is 0 Å². The quantitative estimate of drug-likeness (QED) is 0.588. The van der Waals surface area contributed by atoms with E-state index >= 15 is 0 Å². The molecule has 0 saturated heterocycles. The second kappa shape index (κ2) is 6.66. The number of anilines is 2. The van der Waals surface area contributed by atoms with Crippen molar-refractivity contribution in [2.45, 2.75) is 6.43 Å². The van der Waals surface area contributed by atoms with Crippen LogP contribution < -0.4 is 11.1 Å². The number of alkyl halides is 2. The van der Waals surface area contributed by atoms with Crippen LogP contribution in [0.15, 0.2) is 18.2 Å². The second-order valence-electron chi connectivity index (χ2n) is 3.31. The van der Waals surface area contributed by atoms with Gasteiger partial charge in [-0.25, -0.2) is 8.78 Å². The van der Waals surface area contributed by atoms with Gasteiger partial charge in [-0.2, -0.15) is 5.26 Å². The van der Waals surface area contributed by atoms with Crippen LogP contribution in [0.4, 0.5) is 20.2 Å². The van der Waals surface area contributed by atoms with Gasteiger partial charge in [0.05, 0.1) is 17.9 Å². The third-order valence-corrected chi connectivity index (χ3v) is 1.99. The van der Waals surface area contributed by atoms with Crippen molar-refractivity contribution in [3.63, 3.8) is 0 Å². The molecule has 3 N–H and O–H groups in total. The van der Waals surface area contributed by atoms with Gasteiger partial charge in [-0.15, -0.1) is 0 Å². The lowest BCUT2D eigenvalue weighted by atomic mass is 10.2. The van der Waals surface area contributed by atoms with E-state index in [1.54, 1.807) is 18.2 Å². The van der Waals surface area contributed by atoms with Crippen LogP contribution >= 0.6 is 0 Å². The van der Waals surface area contributed by atoms with E-state index < -0.39 is 13.0 Å². The summed E-state index contributed by atoms with van der Waals surface area (Å²) in [5, 5.41) is 11.6. The van der Waals surface area contributed by atoms with E-state index in [1.807, 2.05) is 6.07 Å². The molecule has 1 aromatic carbocycles. The number of nitrogens with one attached hydrogen (secondary N) is 1. The highest BCUT2D eigenvalue weighted by molar-refractivity contribution is 5.62. The molecule has 0 heterocycles. The Balaban J connectivity index is 2.33. The Bertz CT molecular complexity index is 404. The summed E-state index contributed by atoms with van der Waals surface area (Å²) >= 11 is 0. The maximum atomic E-state index is 11.7. The van der Waals surface area contributed by atoms with Crippen molar-refractivity contribution < 1.29 is 13.5 Å². The average Bonchev–Trinajstić information content (AvgIpc) is 2.28. The smallest absolute Gasteiger partial charge is 0.261 e. The summed E-state index contributed by atoms with van der Waals surface area (Å²) in [4.78, 5) is 0. The second-order valence-corrected chi connectivity index (χ2v) is 3.31. The van der Waals surface area contributed by atoms with Gasteiger partial charge in [0.25, 0.3) is 6.43 Å². The molecule has 0 amide bonds. The van der Waals surface area contributed by atoms with Crippen LogP contribution in [0.2, 0.25) is 0 Å². The summed E-state index contributed by atoms with van der Waals surface area (Å²) in [5.74, 6) is 0. The van der Waals surface area contributed by atoms with Crippen molar-refractivity contribution >= 4 is 11.4 Å². The lowest BCUT2D eigenvalue weighted by molar-refractivity contribution is 0.0215. The Morgan fingerprint density at radius 3 is 2.82 bits per heavy atom. The summed E-state index contributed by atoms with van der Waals surface area (Å²) in [6, 6.07) is 6.86. The number of nitrogen functional groups attached to an aromatic ring is 1. The number of rotatable bonds is 6. The van der Waals surface area contributed by atoms with Crippen LogP contribution in [0, 0.1) is 11.3 Å². The van der Waals surface area contributed by atoms with Gasteiger partial charge in [-0.1, -0.05) is 0 Å². The highest BCUT2D eigenvalue weighted by Gasteiger charge is 2.02. The van der Waals surface area contributed by atoms with Crippen molar-refractivity contribution in [2.24, 2.45) is 0 Å². The van der Waals surface area contributed by atoms with E-state index in [4.69, 9.17) is 15.7 Å². The largest absolute Gasteiger partial charge is 0.398 e. The molecule has 17 heavy (non-hydrogen) atoms. The minimum Gasteiger partial charge on any atom is -0.398 e. The van der Waals surface area contributed by atoms with E-state index in [0.717, 1.165) is 5.69 Å². The summed E-state index contributed by atoms with van der Waals surface area (Å²) in [6.45, 7) is 0.0273. The number of benzene rings is 1. The van der Waals surface area contributed by atoms with Crippen LogP contribution in [0.25, 0.3) is 0 Å². The molecule has 0 aliphatic carbocycles. The molecule has 0 radical (unpaired) electrons. The molecular weight excluding hydrogens is 228 g/mol. The third kappa shape index (κ3) is 4.66. The molecule has 1 aromatic rings. The van der Waals surface area contributed by atoms with Crippen LogP contribution in [0.5, 0.6) is 0 Å². The molecular formula is C11H13F2N3O. The Morgan fingerprint density at radius 1 is 1.47 bits per heavy atom. The summed E-state index contributed by atoms with van der Waals surface area (Å²) < 4.78 is 28.2. The molecule has 0 bridgehead atoms. The predicted molar refractivity (Wildman–Crippen MR) is 60.9 cm³/mol. The minimum absolute atomic E-state index is 0.185. The lowest BCUT2D eigenvalue weighted by Gasteiger charge is -2.08. The topological polar surface area (TPSA) is 71.1 Å². The predicted octanol–water partition coefficient (Wildman–Crippen LogP) is 1.83. The number of ether oxygens (including phenoxy) is 1. The van der Waals surface area contributed by atoms with E-state index in [0.29, 0.717) is 17.8 Å². The van der Waals surface area contributed by atoms with Crippen LogP contribution in [-0.2, 0) is 4.74 Å². The number of nitrogens with two attached hydrogens (primary N) is 1. The van der Waals surface area contributed by atoms with Crippen LogP contribution in [0.1, 0.15) is 5.56 Å². The number of nitrogens with zero attached hydrogens (tertiary/aromatic N) is 1. The zero-order chi connectivity index (χ0) is 12.7. The standard InChI is InChI=1S/C11H13F2N3O/c12-11(13)7-17-4-3-16-9-2-1-8(6-14)10(15)5-9/h1-2,5,11,16H,3-4,7,15H2. The molecule has 1 rings (SSSR count). The number of hydrogen-bond acceptors (Lipinski definition) is 4. The van der Waals surface area contributed by atoms with Gasteiger partial charge in [0.1, 0.15) is 12.7 Å². The van der Waals surface area contributed by atoms with Crippen molar-refractivity contribution in [1.82, 2.24) is 0 Å². The zero-order valence-electron chi connectivity index (χ0n) is 9.12. The van der Waals surface area contributed by atoms with E-state index in [2.05, 4.69) is 5.32 Å². The maximum Gasteiger partial charge on any atom is 0.261 e. The molecule has 0 aliphatic heterocycles. The van der Waals surface area contributed by atoms with Gasteiger partial charge in [0, 0.05) is 12.2 Å². The first-order valence-electron chi connectivity index (χ1n) is 5.03. The third-order valence-electron chi connectivity index (χ3n) is 1.99. The molecule has 0 fully saturated rings. The highest BCUT2D eigenvalue weighted by atomic mass is 19.3. The molecule has 0 unspecified atom stereocenters. The first-order chi connectivity index (χ1) is 8.13. The van der Waals surface area contributed by atoms with E-state index in [9.17, 15) is 8.78 Å². The van der Waals surface area contributed by atoms with Crippen molar-refractivity contribution in [3.05, 3.63) is 23.8 Å². The number of halogens is 2. The molecule has 0 spiro atoms. The Morgan fingerprint density at radius 2 is 2.24 bits per heavy atom. The first-order valence-corrected chi connectivity index (χ1v) is 5.03. The monoisotopic (exact) mass is 241 g/mol. The summed E-state index contributed by atoms with van der Waals surface area (Å²) in [5.41, 5.74) is 7.12. The van der Waals surface area contributed by atoms with E-state index in [-0.39, 0.29) is 6.61 Å². The molecule has 0 saturated carbocycles. The fourth-order valence-electron chi connectivity index (χ4n) is 1.21. The van der Waals surface area contributed by atoms with Crippen molar-refractivity contribution in [1.29, 1.82) is 5.26 Å². The molecule has 4 nitrogen and oxygen atoms in total. The van der Waals surface area contributed by atoms with Gasteiger partial charge < -0.3 is 15.8 Å².